The summed E-state index contributed by atoms with van der Waals surface area (Å²) in [7, 11) is 0. The summed E-state index contributed by atoms with van der Waals surface area (Å²) in [6.07, 6.45) is 2.90. The van der Waals surface area contributed by atoms with Gasteiger partial charge in [0.25, 0.3) is 0 Å². The van der Waals surface area contributed by atoms with E-state index in [1.807, 2.05) is 12.1 Å². The third kappa shape index (κ3) is 3.35. The minimum absolute atomic E-state index is 0.248. The Balaban J connectivity index is 2.17. The van der Waals surface area contributed by atoms with Crippen LogP contribution in [0.25, 0.3) is 0 Å². The Bertz CT molecular complexity index is 517. The van der Waals surface area contributed by atoms with Crippen molar-refractivity contribution in [3.63, 3.8) is 0 Å². The average Bonchev–Trinajstić information content (AvgIpc) is 2.37. The van der Waals surface area contributed by atoms with E-state index in [1.54, 1.807) is 30.6 Å². The van der Waals surface area contributed by atoms with E-state index in [4.69, 9.17) is 33.7 Å². The molecule has 0 fully saturated rings. The molecule has 1 aromatic carbocycles. The number of ether oxygens (including phenoxy) is 1. The molecule has 0 bridgehead atoms. The molecule has 0 radical (unpaired) electrons. The first-order valence-electron chi connectivity index (χ1n) is 5.42. The fourth-order valence-corrected chi connectivity index (χ4v) is 1.84. The normalized spacial score (nSPS) is 12.2. The Morgan fingerprint density at radius 3 is 2.44 bits per heavy atom. The molecule has 0 amide bonds. The van der Waals surface area contributed by atoms with Crippen molar-refractivity contribution in [2.45, 2.75) is 6.10 Å². The SMILES string of the molecule is NCC(Oc1cncc(Cl)c1)c1ccc(Cl)cc1. The van der Waals surface area contributed by atoms with Crippen LogP contribution in [-0.2, 0) is 0 Å². The van der Waals surface area contributed by atoms with Crippen LogP contribution in [0.2, 0.25) is 10.0 Å². The third-order valence-electron chi connectivity index (χ3n) is 2.41. The zero-order valence-corrected chi connectivity index (χ0v) is 11.0. The molecular weight excluding hydrogens is 271 g/mol. The van der Waals surface area contributed by atoms with Gasteiger partial charge in [0.2, 0.25) is 0 Å². The van der Waals surface area contributed by atoms with Gasteiger partial charge in [-0.2, -0.15) is 0 Å². The molecule has 1 unspecified atom stereocenters. The van der Waals surface area contributed by atoms with Crippen LogP contribution in [-0.4, -0.2) is 11.5 Å². The Labute approximate surface area is 115 Å². The van der Waals surface area contributed by atoms with E-state index in [0.717, 1.165) is 5.56 Å². The van der Waals surface area contributed by atoms with E-state index in [2.05, 4.69) is 4.98 Å². The van der Waals surface area contributed by atoms with E-state index in [1.165, 1.54) is 0 Å². The minimum atomic E-state index is -0.248. The zero-order valence-electron chi connectivity index (χ0n) is 9.51. The number of pyridine rings is 1. The largest absolute Gasteiger partial charge is 0.483 e. The van der Waals surface area contributed by atoms with E-state index in [9.17, 15) is 0 Å². The Hall–Kier alpha value is -1.29. The summed E-state index contributed by atoms with van der Waals surface area (Å²) in [6.45, 7) is 0.355. The van der Waals surface area contributed by atoms with Crippen molar-refractivity contribution in [1.82, 2.24) is 4.98 Å². The van der Waals surface area contributed by atoms with Crippen LogP contribution >= 0.6 is 23.2 Å². The van der Waals surface area contributed by atoms with Gasteiger partial charge in [-0.25, -0.2) is 0 Å². The number of hydrogen-bond acceptors (Lipinski definition) is 3. The molecule has 2 aromatic rings. The fraction of sp³-hybridized carbons (Fsp3) is 0.154. The van der Waals surface area contributed by atoms with Gasteiger partial charge >= 0.3 is 0 Å². The smallest absolute Gasteiger partial charge is 0.140 e. The lowest BCUT2D eigenvalue weighted by Crippen LogP contribution is -2.18. The highest BCUT2D eigenvalue weighted by atomic mass is 35.5. The first-order chi connectivity index (χ1) is 8.69. The molecule has 5 heteroatoms. The van der Waals surface area contributed by atoms with Gasteiger partial charge in [-0.15, -0.1) is 0 Å². The second kappa shape index (κ2) is 6.05. The van der Waals surface area contributed by atoms with Crippen molar-refractivity contribution in [2.75, 3.05) is 6.54 Å². The topological polar surface area (TPSA) is 48.1 Å². The van der Waals surface area contributed by atoms with Gasteiger partial charge in [-0.05, 0) is 17.7 Å². The summed E-state index contributed by atoms with van der Waals surface area (Å²) < 4.78 is 5.76. The lowest BCUT2D eigenvalue weighted by atomic mass is 10.1. The molecule has 94 valence electrons. The van der Waals surface area contributed by atoms with Crippen molar-refractivity contribution in [3.8, 4) is 5.75 Å². The summed E-state index contributed by atoms with van der Waals surface area (Å²) in [6, 6.07) is 9.08. The van der Waals surface area contributed by atoms with E-state index >= 15 is 0 Å². The van der Waals surface area contributed by atoms with Crippen LogP contribution in [0.1, 0.15) is 11.7 Å². The standard InChI is InChI=1S/C13H12Cl2N2O/c14-10-3-1-9(2-4-10)13(6-16)18-12-5-11(15)7-17-8-12/h1-5,7-8,13H,6,16H2. The summed E-state index contributed by atoms with van der Waals surface area (Å²) in [4.78, 5) is 3.96. The van der Waals surface area contributed by atoms with Gasteiger partial charge in [0.15, 0.2) is 0 Å². The summed E-state index contributed by atoms with van der Waals surface area (Å²) in [5, 5.41) is 1.21. The summed E-state index contributed by atoms with van der Waals surface area (Å²) in [5.41, 5.74) is 6.68. The molecule has 1 aromatic heterocycles. The van der Waals surface area contributed by atoms with Crippen molar-refractivity contribution < 1.29 is 4.74 Å². The molecule has 0 saturated carbocycles. The van der Waals surface area contributed by atoms with Gasteiger partial charge in [0.1, 0.15) is 11.9 Å². The maximum Gasteiger partial charge on any atom is 0.140 e. The molecule has 0 aliphatic heterocycles. The van der Waals surface area contributed by atoms with Crippen LogP contribution in [0, 0.1) is 0 Å². The maximum absolute atomic E-state index is 5.85. The second-order valence-corrected chi connectivity index (χ2v) is 4.61. The fourth-order valence-electron chi connectivity index (χ4n) is 1.55. The quantitative estimate of drug-likeness (QED) is 0.934. The van der Waals surface area contributed by atoms with Crippen molar-refractivity contribution >= 4 is 23.2 Å². The molecule has 0 aliphatic rings. The molecule has 3 nitrogen and oxygen atoms in total. The van der Waals surface area contributed by atoms with Crippen LogP contribution in [0.15, 0.2) is 42.7 Å². The maximum atomic E-state index is 5.85. The van der Waals surface area contributed by atoms with Gasteiger partial charge < -0.3 is 10.5 Å². The summed E-state index contributed by atoms with van der Waals surface area (Å²) >= 11 is 11.7. The van der Waals surface area contributed by atoms with E-state index < -0.39 is 0 Å². The zero-order chi connectivity index (χ0) is 13.0. The highest BCUT2D eigenvalue weighted by Crippen LogP contribution is 2.23. The van der Waals surface area contributed by atoms with Crippen LogP contribution in [0.4, 0.5) is 0 Å². The van der Waals surface area contributed by atoms with E-state index in [0.29, 0.717) is 22.3 Å². The highest BCUT2D eigenvalue weighted by Gasteiger charge is 2.11. The highest BCUT2D eigenvalue weighted by molar-refractivity contribution is 6.30. The molecule has 0 aliphatic carbocycles. The number of nitrogens with two attached hydrogens (primary N) is 1. The van der Waals surface area contributed by atoms with Gasteiger partial charge in [-0.3, -0.25) is 4.98 Å². The number of rotatable bonds is 4. The Morgan fingerprint density at radius 1 is 1.11 bits per heavy atom. The average molecular weight is 283 g/mol. The monoisotopic (exact) mass is 282 g/mol. The van der Waals surface area contributed by atoms with Crippen LogP contribution < -0.4 is 10.5 Å². The molecule has 2 rings (SSSR count). The van der Waals surface area contributed by atoms with Crippen LogP contribution in [0.3, 0.4) is 0 Å². The minimum Gasteiger partial charge on any atom is -0.483 e. The predicted octanol–water partition coefficient (Wildman–Crippen LogP) is 3.47. The molecule has 0 spiro atoms. The molecule has 2 N–H and O–H groups in total. The number of nitrogens with zero attached hydrogens (tertiary/aromatic N) is 1. The third-order valence-corrected chi connectivity index (χ3v) is 2.87. The predicted molar refractivity (Wildman–Crippen MR) is 73.1 cm³/mol. The molecule has 18 heavy (non-hydrogen) atoms. The van der Waals surface area contributed by atoms with Gasteiger partial charge in [0.05, 0.1) is 11.2 Å². The Morgan fingerprint density at radius 2 is 1.83 bits per heavy atom. The first-order valence-corrected chi connectivity index (χ1v) is 6.17. The van der Waals surface area contributed by atoms with Crippen molar-refractivity contribution in [2.24, 2.45) is 5.73 Å². The number of benzene rings is 1. The summed E-state index contributed by atoms with van der Waals surface area (Å²) in [5.74, 6) is 0.591. The molecule has 1 atom stereocenters. The lowest BCUT2D eigenvalue weighted by molar-refractivity contribution is 0.213. The van der Waals surface area contributed by atoms with Gasteiger partial charge in [-0.1, -0.05) is 35.3 Å². The molecule has 1 heterocycles. The number of hydrogen-bond donors (Lipinski definition) is 1. The molecular formula is C13H12Cl2N2O. The van der Waals surface area contributed by atoms with Crippen molar-refractivity contribution in [3.05, 3.63) is 58.3 Å². The number of aromatic nitrogens is 1. The van der Waals surface area contributed by atoms with Gasteiger partial charge in [0, 0.05) is 23.8 Å². The number of halogens is 2. The second-order valence-electron chi connectivity index (χ2n) is 3.73. The lowest BCUT2D eigenvalue weighted by Gasteiger charge is -2.17. The Kier molecular flexibility index (Phi) is 4.42. The molecule has 0 saturated heterocycles. The van der Waals surface area contributed by atoms with Crippen molar-refractivity contribution in [1.29, 1.82) is 0 Å². The van der Waals surface area contributed by atoms with Crippen LogP contribution in [0.5, 0.6) is 5.75 Å². The first kappa shape index (κ1) is 13.1. The van der Waals surface area contributed by atoms with E-state index in [-0.39, 0.29) is 6.10 Å².